The van der Waals surface area contributed by atoms with Gasteiger partial charge in [0.25, 0.3) is 0 Å². The molecular weight excluding hydrogens is 142 g/mol. The van der Waals surface area contributed by atoms with Gasteiger partial charge < -0.3 is 14.8 Å². The van der Waals surface area contributed by atoms with Gasteiger partial charge in [0.05, 0.1) is 6.04 Å². The SMILES string of the molecule is CNC(C=O)C1CCOCC1. The molecule has 1 aliphatic rings. The van der Waals surface area contributed by atoms with Crippen molar-refractivity contribution < 1.29 is 9.53 Å². The monoisotopic (exact) mass is 157 g/mol. The van der Waals surface area contributed by atoms with Crippen LogP contribution in [0.2, 0.25) is 0 Å². The Hall–Kier alpha value is -0.410. The lowest BCUT2D eigenvalue weighted by Crippen LogP contribution is -2.38. The number of hydrogen-bond acceptors (Lipinski definition) is 3. The van der Waals surface area contributed by atoms with Crippen LogP contribution in [-0.2, 0) is 9.53 Å². The number of nitrogens with one attached hydrogen (secondary N) is 1. The first-order valence-corrected chi connectivity index (χ1v) is 4.08. The maximum Gasteiger partial charge on any atom is 0.137 e. The molecule has 0 amide bonds. The summed E-state index contributed by atoms with van der Waals surface area (Å²) < 4.78 is 5.20. The molecule has 0 spiro atoms. The predicted octanol–water partition coefficient (Wildman–Crippen LogP) is 0.200. The van der Waals surface area contributed by atoms with E-state index in [0.29, 0.717) is 5.92 Å². The van der Waals surface area contributed by atoms with Crippen LogP contribution in [0.3, 0.4) is 0 Å². The van der Waals surface area contributed by atoms with E-state index in [9.17, 15) is 4.79 Å². The van der Waals surface area contributed by atoms with Gasteiger partial charge in [-0.25, -0.2) is 0 Å². The summed E-state index contributed by atoms with van der Waals surface area (Å²) in [6.07, 6.45) is 3.00. The zero-order chi connectivity index (χ0) is 8.10. The molecule has 0 aliphatic carbocycles. The highest BCUT2D eigenvalue weighted by molar-refractivity contribution is 5.58. The van der Waals surface area contributed by atoms with Gasteiger partial charge in [-0.2, -0.15) is 0 Å². The number of ether oxygens (including phenoxy) is 1. The number of carbonyl (C=O) groups is 1. The van der Waals surface area contributed by atoms with E-state index in [0.717, 1.165) is 32.3 Å². The van der Waals surface area contributed by atoms with Crippen LogP contribution in [0.1, 0.15) is 12.8 Å². The van der Waals surface area contributed by atoms with Crippen LogP contribution in [-0.4, -0.2) is 32.6 Å². The van der Waals surface area contributed by atoms with Gasteiger partial charge in [-0.1, -0.05) is 0 Å². The molecule has 64 valence electrons. The van der Waals surface area contributed by atoms with Crippen molar-refractivity contribution in [3.05, 3.63) is 0 Å². The minimum absolute atomic E-state index is 0.0268. The van der Waals surface area contributed by atoms with Gasteiger partial charge in [-0.15, -0.1) is 0 Å². The Bertz CT molecular complexity index is 121. The van der Waals surface area contributed by atoms with Gasteiger partial charge in [0.2, 0.25) is 0 Å². The Morgan fingerprint density at radius 3 is 2.64 bits per heavy atom. The van der Waals surface area contributed by atoms with Gasteiger partial charge in [0, 0.05) is 13.2 Å². The molecule has 0 bridgehead atoms. The minimum atomic E-state index is 0.0268. The lowest BCUT2D eigenvalue weighted by molar-refractivity contribution is -0.111. The van der Waals surface area contributed by atoms with Crippen molar-refractivity contribution >= 4 is 6.29 Å². The molecule has 1 heterocycles. The lowest BCUT2D eigenvalue weighted by Gasteiger charge is -2.26. The highest BCUT2D eigenvalue weighted by atomic mass is 16.5. The summed E-state index contributed by atoms with van der Waals surface area (Å²) in [5, 5.41) is 3.00. The summed E-state index contributed by atoms with van der Waals surface area (Å²) in [5.41, 5.74) is 0. The molecule has 0 radical (unpaired) electrons. The molecule has 0 aromatic rings. The molecule has 0 aromatic heterocycles. The quantitative estimate of drug-likeness (QED) is 0.595. The predicted molar refractivity (Wildman–Crippen MR) is 42.5 cm³/mol. The van der Waals surface area contributed by atoms with Gasteiger partial charge in [-0.3, -0.25) is 0 Å². The summed E-state index contributed by atoms with van der Waals surface area (Å²) >= 11 is 0. The highest BCUT2D eigenvalue weighted by Crippen LogP contribution is 2.17. The molecule has 1 N–H and O–H groups in total. The van der Waals surface area contributed by atoms with E-state index in [2.05, 4.69) is 5.32 Å². The zero-order valence-electron chi connectivity index (χ0n) is 6.88. The molecule has 1 unspecified atom stereocenters. The van der Waals surface area contributed by atoms with E-state index >= 15 is 0 Å². The summed E-state index contributed by atoms with van der Waals surface area (Å²) in [6, 6.07) is 0.0268. The molecule has 11 heavy (non-hydrogen) atoms. The lowest BCUT2D eigenvalue weighted by atomic mass is 9.93. The topological polar surface area (TPSA) is 38.3 Å². The summed E-state index contributed by atoms with van der Waals surface area (Å²) in [7, 11) is 1.83. The van der Waals surface area contributed by atoms with E-state index in [1.165, 1.54) is 0 Å². The molecule has 1 saturated heterocycles. The van der Waals surface area contributed by atoms with Crippen LogP contribution in [0.4, 0.5) is 0 Å². The average molecular weight is 157 g/mol. The van der Waals surface area contributed by atoms with E-state index in [1.54, 1.807) is 0 Å². The van der Waals surface area contributed by atoms with E-state index in [-0.39, 0.29) is 6.04 Å². The Labute approximate surface area is 67.1 Å². The number of likely N-dealkylation sites (N-methyl/N-ethyl adjacent to an activating group) is 1. The fraction of sp³-hybridized carbons (Fsp3) is 0.875. The summed E-state index contributed by atoms with van der Waals surface area (Å²) in [4.78, 5) is 10.5. The van der Waals surface area contributed by atoms with Crippen molar-refractivity contribution in [1.82, 2.24) is 5.32 Å². The van der Waals surface area contributed by atoms with Crippen LogP contribution in [0.15, 0.2) is 0 Å². The second-order valence-electron chi connectivity index (χ2n) is 2.90. The van der Waals surface area contributed by atoms with Crippen molar-refractivity contribution in [2.75, 3.05) is 20.3 Å². The Balaban J connectivity index is 2.35. The van der Waals surface area contributed by atoms with Crippen molar-refractivity contribution in [1.29, 1.82) is 0 Å². The standard InChI is InChI=1S/C8H15NO2/c1-9-8(6-10)7-2-4-11-5-3-7/h6-9H,2-5H2,1H3. The minimum Gasteiger partial charge on any atom is -0.381 e. The molecule has 0 saturated carbocycles. The van der Waals surface area contributed by atoms with Crippen LogP contribution >= 0.6 is 0 Å². The first-order valence-electron chi connectivity index (χ1n) is 4.08. The Morgan fingerprint density at radius 2 is 2.18 bits per heavy atom. The second kappa shape index (κ2) is 4.46. The largest absolute Gasteiger partial charge is 0.381 e. The van der Waals surface area contributed by atoms with Crippen molar-refractivity contribution in [2.24, 2.45) is 5.92 Å². The second-order valence-corrected chi connectivity index (χ2v) is 2.90. The Morgan fingerprint density at radius 1 is 1.55 bits per heavy atom. The van der Waals surface area contributed by atoms with Gasteiger partial charge in [0.15, 0.2) is 0 Å². The van der Waals surface area contributed by atoms with Gasteiger partial charge >= 0.3 is 0 Å². The number of rotatable bonds is 3. The third kappa shape index (κ3) is 2.27. The normalized spacial score (nSPS) is 23.0. The fourth-order valence-corrected chi connectivity index (χ4v) is 1.49. The molecule has 3 heteroatoms. The first-order chi connectivity index (χ1) is 5.38. The van der Waals surface area contributed by atoms with Crippen LogP contribution in [0, 0.1) is 5.92 Å². The van der Waals surface area contributed by atoms with Crippen LogP contribution in [0.25, 0.3) is 0 Å². The summed E-state index contributed by atoms with van der Waals surface area (Å²) in [6.45, 7) is 1.60. The fourth-order valence-electron chi connectivity index (χ4n) is 1.49. The maximum atomic E-state index is 10.5. The van der Waals surface area contributed by atoms with Crippen LogP contribution < -0.4 is 5.32 Å². The smallest absolute Gasteiger partial charge is 0.137 e. The van der Waals surface area contributed by atoms with Crippen LogP contribution in [0.5, 0.6) is 0 Å². The maximum absolute atomic E-state index is 10.5. The Kier molecular flexibility index (Phi) is 3.52. The number of carbonyl (C=O) groups excluding carboxylic acids is 1. The molecule has 1 rings (SSSR count). The van der Waals surface area contributed by atoms with Crippen molar-refractivity contribution in [3.8, 4) is 0 Å². The molecular formula is C8H15NO2. The number of hydrogen-bond donors (Lipinski definition) is 1. The number of aldehydes is 1. The third-order valence-electron chi connectivity index (χ3n) is 2.25. The third-order valence-corrected chi connectivity index (χ3v) is 2.25. The molecule has 1 aliphatic heterocycles. The first kappa shape index (κ1) is 8.68. The van der Waals surface area contributed by atoms with Crippen molar-refractivity contribution in [2.45, 2.75) is 18.9 Å². The molecule has 3 nitrogen and oxygen atoms in total. The van der Waals surface area contributed by atoms with E-state index in [1.807, 2.05) is 7.05 Å². The molecule has 1 atom stereocenters. The highest BCUT2D eigenvalue weighted by Gasteiger charge is 2.21. The van der Waals surface area contributed by atoms with Gasteiger partial charge in [-0.05, 0) is 25.8 Å². The van der Waals surface area contributed by atoms with Gasteiger partial charge in [0.1, 0.15) is 6.29 Å². The van der Waals surface area contributed by atoms with E-state index < -0.39 is 0 Å². The zero-order valence-corrected chi connectivity index (χ0v) is 6.88. The van der Waals surface area contributed by atoms with E-state index in [4.69, 9.17) is 4.74 Å². The molecule has 1 fully saturated rings. The average Bonchev–Trinajstić information content (AvgIpc) is 2.09. The molecule has 0 aromatic carbocycles. The summed E-state index contributed by atoms with van der Waals surface area (Å²) in [5.74, 6) is 0.478. The van der Waals surface area contributed by atoms with Crippen molar-refractivity contribution in [3.63, 3.8) is 0 Å².